The van der Waals surface area contributed by atoms with E-state index in [1.807, 2.05) is 116 Å². The number of Topliss-reactive ketones (excluding diaryl/α,β-unsaturated/α-hetero) is 1. The number of hydrogen-bond donors (Lipinski definition) is 0. The summed E-state index contributed by atoms with van der Waals surface area (Å²) >= 11 is 7.72. The number of ketones is 2. The van der Waals surface area contributed by atoms with Gasteiger partial charge >= 0.3 is 0 Å². The van der Waals surface area contributed by atoms with Crippen LogP contribution < -0.4 is 0 Å². The number of rotatable bonds is 15. The number of halogens is 1. The van der Waals surface area contributed by atoms with Crippen LogP contribution in [0.1, 0.15) is 88.1 Å². The fraction of sp³-hybridized carbons (Fsp3) is 0.250. The molecule has 5 aromatic rings. The van der Waals surface area contributed by atoms with Gasteiger partial charge in [-0.25, -0.2) is 0 Å². The average molecular weight is 702 g/mol. The lowest BCUT2D eigenvalue weighted by molar-refractivity contribution is 0.102. The summed E-state index contributed by atoms with van der Waals surface area (Å²) in [5, 5.41) is 5.10. The summed E-state index contributed by atoms with van der Waals surface area (Å²) in [7, 11) is 0. The fourth-order valence-electron chi connectivity index (χ4n) is 5.95. The van der Waals surface area contributed by atoms with Crippen LogP contribution in [0.15, 0.2) is 125 Å². The highest BCUT2D eigenvalue weighted by Crippen LogP contribution is 2.37. The van der Waals surface area contributed by atoms with Crippen molar-refractivity contribution in [2.75, 3.05) is 5.75 Å². The van der Waals surface area contributed by atoms with Crippen LogP contribution >= 0.6 is 23.4 Å². The molecule has 0 aliphatic heterocycles. The van der Waals surface area contributed by atoms with E-state index in [0.29, 0.717) is 45.5 Å². The molecule has 0 saturated carbocycles. The predicted octanol–water partition coefficient (Wildman–Crippen LogP) is 11.9. The van der Waals surface area contributed by atoms with E-state index in [-0.39, 0.29) is 24.1 Å². The van der Waals surface area contributed by atoms with Gasteiger partial charge in [0.15, 0.2) is 5.78 Å². The molecule has 0 saturated heterocycles. The lowest BCUT2D eigenvalue weighted by Gasteiger charge is -2.24. The molecule has 0 aliphatic carbocycles. The van der Waals surface area contributed by atoms with Crippen LogP contribution in [0.5, 0.6) is 0 Å². The van der Waals surface area contributed by atoms with Gasteiger partial charge in [-0.2, -0.15) is 0 Å². The Kier molecular flexibility index (Phi) is 12.9. The molecule has 0 bridgehead atoms. The molecule has 0 radical (unpaired) electrons. The lowest BCUT2D eigenvalue weighted by Crippen LogP contribution is -2.16. The van der Waals surface area contributed by atoms with Crippen LogP contribution in [0.25, 0.3) is 11.1 Å². The normalized spacial score (nSPS) is 12.7. The molecule has 0 heterocycles. The Balaban J connectivity index is 1.51. The van der Waals surface area contributed by atoms with E-state index < -0.39 is 0 Å². The third-order valence-electron chi connectivity index (χ3n) is 9.42. The summed E-state index contributed by atoms with van der Waals surface area (Å²) in [6, 6.07) is 37.0. The highest BCUT2D eigenvalue weighted by molar-refractivity contribution is 7.99. The Bertz CT molecular complexity index is 1970. The van der Waals surface area contributed by atoms with Gasteiger partial charge in [0.2, 0.25) is 5.78 Å². The number of carbonyl (C=O) groups is 2. The Morgan fingerprint density at radius 3 is 2.18 bits per heavy atom. The highest BCUT2D eigenvalue weighted by atomic mass is 35.5. The van der Waals surface area contributed by atoms with Crippen molar-refractivity contribution >= 4 is 40.6 Å². The first-order valence-corrected chi connectivity index (χ1v) is 18.5. The van der Waals surface area contributed by atoms with E-state index in [0.717, 1.165) is 44.7 Å². The maximum atomic E-state index is 14.2. The highest BCUT2D eigenvalue weighted by Gasteiger charge is 2.23. The first-order chi connectivity index (χ1) is 24.2. The minimum Gasteiger partial charge on any atom is -0.391 e. The minimum atomic E-state index is -0.181. The second kappa shape index (κ2) is 17.5. The smallest absolute Gasteiger partial charge is 0.210 e. The number of nitrogens with zero attached hydrogens (tertiary/aromatic N) is 1. The van der Waals surface area contributed by atoms with Crippen molar-refractivity contribution < 1.29 is 14.4 Å². The molecule has 50 heavy (non-hydrogen) atoms. The van der Waals surface area contributed by atoms with Crippen molar-refractivity contribution in [3.05, 3.63) is 159 Å². The lowest BCUT2D eigenvalue weighted by atomic mass is 9.80. The molecule has 5 aromatic carbocycles. The van der Waals surface area contributed by atoms with Crippen LogP contribution in [0.4, 0.5) is 0 Å². The van der Waals surface area contributed by atoms with E-state index in [4.69, 9.17) is 16.4 Å². The molecule has 5 rings (SSSR count). The summed E-state index contributed by atoms with van der Waals surface area (Å²) in [4.78, 5) is 34.9. The maximum absolute atomic E-state index is 14.2. The van der Waals surface area contributed by atoms with Gasteiger partial charge in [0.25, 0.3) is 0 Å². The minimum absolute atomic E-state index is 0.0138. The predicted molar refractivity (Wildman–Crippen MR) is 209 cm³/mol. The molecule has 4 nitrogen and oxygen atoms in total. The topological polar surface area (TPSA) is 55.7 Å². The third-order valence-corrected chi connectivity index (χ3v) is 10.7. The molecule has 0 aliphatic rings. The van der Waals surface area contributed by atoms with Gasteiger partial charge in [-0.3, -0.25) is 9.59 Å². The Morgan fingerprint density at radius 1 is 0.780 bits per heavy atom. The van der Waals surface area contributed by atoms with Gasteiger partial charge in [0.05, 0.1) is 0 Å². The second-order valence-corrected chi connectivity index (χ2v) is 14.4. The Labute approximate surface area is 305 Å². The monoisotopic (exact) mass is 701 g/mol. The zero-order valence-corrected chi connectivity index (χ0v) is 31.0. The summed E-state index contributed by atoms with van der Waals surface area (Å²) in [5.41, 5.74) is 8.20. The largest absolute Gasteiger partial charge is 0.391 e. The van der Waals surface area contributed by atoms with Crippen LogP contribution in [0.3, 0.4) is 0 Å². The fourth-order valence-corrected chi connectivity index (χ4v) is 6.93. The van der Waals surface area contributed by atoms with Gasteiger partial charge < -0.3 is 4.84 Å². The van der Waals surface area contributed by atoms with E-state index in [9.17, 15) is 9.59 Å². The molecular weight excluding hydrogens is 658 g/mol. The van der Waals surface area contributed by atoms with Gasteiger partial charge in [0.1, 0.15) is 12.3 Å². The van der Waals surface area contributed by atoms with Gasteiger partial charge in [0, 0.05) is 38.8 Å². The van der Waals surface area contributed by atoms with Crippen molar-refractivity contribution in [1.82, 2.24) is 0 Å². The molecule has 0 N–H and O–H groups in total. The molecule has 0 fully saturated rings. The molecule has 0 aromatic heterocycles. The Morgan fingerprint density at radius 2 is 1.46 bits per heavy atom. The van der Waals surface area contributed by atoms with Crippen molar-refractivity contribution in [3.63, 3.8) is 0 Å². The van der Waals surface area contributed by atoms with Crippen molar-refractivity contribution in [1.29, 1.82) is 0 Å². The van der Waals surface area contributed by atoms with Crippen molar-refractivity contribution in [2.24, 2.45) is 11.1 Å². The number of hydrogen-bond acceptors (Lipinski definition) is 5. The van der Waals surface area contributed by atoms with E-state index >= 15 is 0 Å². The van der Waals surface area contributed by atoms with Crippen molar-refractivity contribution in [2.45, 2.75) is 64.9 Å². The zero-order chi connectivity index (χ0) is 35.6. The molecule has 6 heteroatoms. The van der Waals surface area contributed by atoms with E-state index in [1.165, 1.54) is 0 Å². The maximum Gasteiger partial charge on any atom is 0.210 e. The average Bonchev–Trinajstić information content (AvgIpc) is 3.14. The third kappa shape index (κ3) is 9.21. The molecule has 2 unspecified atom stereocenters. The molecule has 2 atom stereocenters. The quantitative estimate of drug-likeness (QED) is 0.0472. The first-order valence-electron chi connectivity index (χ1n) is 17.2. The second-order valence-electron chi connectivity index (χ2n) is 12.8. The van der Waals surface area contributed by atoms with Crippen LogP contribution in [-0.2, 0) is 11.4 Å². The summed E-state index contributed by atoms with van der Waals surface area (Å²) in [5.74, 6) is 1.11. The number of thioether (sulfide) groups is 1. The zero-order valence-electron chi connectivity index (χ0n) is 29.4. The summed E-state index contributed by atoms with van der Waals surface area (Å²) in [6.45, 7) is 11.0. The van der Waals surface area contributed by atoms with E-state index in [1.54, 1.807) is 11.8 Å². The van der Waals surface area contributed by atoms with Gasteiger partial charge in [-0.05, 0) is 95.5 Å². The van der Waals surface area contributed by atoms with Crippen molar-refractivity contribution in [3.8, 4) is 11.1 Å². The summed E-state index contributed by atoms with van der Waals surface area (Å²) in [6.07, 6.45) is 1.44. The number of benzene rings is 5. The van der Waals surface area contributed by atoms with Crippen LogP contribution in [0.2, 0.25) is 5.02 Å². The molecule has 0 spiro atoms. The molecule has 0 amide bonds. The standard InChI is InChI=1S/C44H44ClNO3S/c1-6-29(2)32(5)39-23-18-34(43(47)38-15-11-10-12-30(38)3)27-41(39)40-26-35(17-16-31(40)4)44(48)42(46-49-28-33-13-8-7-9-14-33)24-25-50-37-21-19-36(45)20-22-37/h7-23,26-27,29,32H,6,24-25,28H2,1-5H3. The number of carbonyl (C=O) groups excluding carboxylic acids is 2. The SMILES string of the molecule is CCC(C)C(C)c1ccc(C(=O)c2ccccc2C)cc1-c1cc(C(=O)C(CCSc2ccc(Cl)cc2)=NOCc2ccccc2)ccc1C. The number of oxime groups is 1. The molecular formula is C44H44ClNO3S. The first kappa shape index (κ1) is 36.8. The van der Waals surface area contributed by atoms with Crippen LogP contribution in [-0.4, -0.2) is 23.0 Å². The van der Waals surface area contributed by atoms with E-state index in [2.05, 4.69) is 38.9 Å². The van der Waals surface area contributed by atoms with Gasteiger partial charge in [-0.15, -0.1) is 11.8 Å². The molecule has 256 valence electrons. The van der Waals surface area contributed by atoms with Gasteiger partial charge in [-0.1, -0.05) is 123 Å². The Hall–Kier alpha value is -4.45. The van der Waals surface area contributed by atoms with Crippen LogP contribution in [0, 0.1) is 19.8 Å². The number of aryl methyl sites for hydroxylation is 2. The summed E-state index contributed by atoms with van der Waals surface area (Å²) < 4.78 is 0.